The van der Waals surface area contributed by atoms with Gasteiger partial charge in [0.1, 0.15) is 17.3 Å². The Morgan fingerprint density at radius 2 is 2.14 bits per heavy atom. The van der Waals surface area contributed by atoms with Crippen molar-refractivity contribution < 1.29 is 23.5 Å². The van der Waals surface area contributed by atoms with Gasteiger partial charge in [-0.25, -0.2) is 4.39 Å². The minimum Gasteiger partial charge on any atom is -0.493 e. The summed E-state index contributed by atoms with van der Waals surface area (Å²) < 4.78 is 25.2. The van der Waals surface area contributed by atoms with Crippen LogP contribution < -0.4 is 14.8 Å². The van der Waals surface area contributed by atoms with E-state index in [9.17, 15) is 14.0 Å². The van der Waals surface area contributed by atoms with Crippen molar-refractivity contribution in [1.82, 2.24) is 4.90 Å². The van der Waals surface area contributed by atoms with Crippen molar-refractivity contribution in [2.24, 2.45) is 5.92 Å². The van der Waals surface area contributed by atoms with Crippen LogP contribution in [0.5, 0.6) is 11.5 Å². The van der Waals surface area contributed by atoms with Crippen LogP contribution in [0.25, 0.3) is 0 Å². The number of hydrogen-bond donors (Lipinski definition) is 1. The van der Waals surface area contributed by atoms with Gasteiger partial charge in [0.2, 0.25) is 0 Å². The third-order valence-electron chi connectivity index (χ3n) is 4.81. The van der Waals surface area contributed by atoms with E-state index in [0.717, 1.165) is 11.6 Å². The normalized spacial score (nSPS) is 16.0. The topological polar surface area (TPSA) is 67.9 Å². The zero-order chi connectivity index (χ0) is 19.8. The molecule has 146 valence electrons. The van der Waals surface area contributed by atoms with Gasteiger partial charge in [-0.15, -0.1) is 0 Å². The molecule has 2 aliphatic heterocycles. The molecule has 0 bridgehead atoms. The number of benzene rings is 2. The van der Waals surface area contributed by atoms with Crippen LogP contribution in [0, 0.1) is 18.7 Å². The molecule has 2 aliphatic rings. The highest BCUT2D eigenvalue weighted by atomic mass is 35.5. The summed E-state index contributed by atoms with van der Waals surface area (Å²) in [6.07, 6.45) is 0. The van der Waals surface area contributed by atoms with Crippen molar-refractivity contribution in [3.8, 4) is 11.5 Å². The van der Waals surface area contributed by atoms with E-state index in [-0.39, 0.29) is 29.7 Å². The zero-order valence-corrected chi connectivity index (χ0v) is 15.9. The zero-order valence-electron chi connectivity index (χ0n) is 15.1. The second-order valence-electron chi connectivity index (χ2n) is 6.96. The molecule has 1 N–H and O–H groups in total. The van der Waals surface area contributed by atoms with Crippen LogP contribution in [0.4, 0.5) is 10.1 Å². The number of rotatable bonds is 4. The number of ether oxygens (including phenoxy) is 2. The molecule has 2 aromatic carbocycles. The summed E-state index contributed by atoms with van der Waals surface area (Å²) in [7, 11) is 0. The molecular formula is C20H18ClFN2O4. The van der Waals surface area contributed by atoms with Gasteiger partial charge < -0.3 is 19.7 Å². The molecule has 6 nitrogen and oxygen atoms in total. The summed E-state index contributed by atoms with van der Waals surface area (Å²) in [5, 5.41) is 3.22. The van der Waals surface area contributed by atoms with E-state index in [1.807, 2.05) is 19.1 Å². The number of aryl methyl sites for hydroxylation is 1. The summed E-state index contributed by atoms with van der Waals surface area (Å²) in [6, 6.07) is 7.94. The maximum absolute atomic E-state index is 14.3. The molecular weight excluding hydrogens is 387 g/mol. The maximum Gasteiger partial charge on any atom is 0.262 e. The first-order chi connectivity index (χ1) is 13.4. The van der Waals surface area contributed by atoms with Crippen molar-refractivity contribution >= 4 is 29.1 Å². The Balaban J connectivity index is 1.35. The van der Waals surface area contributed by atoms with Crippen molar-refractivity contribution in [1.29, 1.82) is 0 Å². The molecule has 0 aromatic heterocycles. The van der Waals surface area contributed by atoms with Crippen LogP contribution >= 0.6 is 11.6 Å². The highest BCUT2D eigenvalue weighted by molar-refractivity contribution is 6.31. The predicted molar refractivity (Wildman–Crippen MR) is 102 cm³/mol. The Labute approximate surface area is 166 Å². The fourth-order valence-electron chi connectivity index (χ4n) is 3.15. The fraction of sp³-hybridized carbons (Fsp3) is 0.300. The van der Waals surface area contributed by atoms with Crippen molar-refractivity contribution in [2.75, 3.05) is 31.6 Å². The highest BCUT2D eigenvalue weighted by Gasteiger charge is 2.33. The lowest BCUT2D eigenvalue weighted by atomic mass is 9.99. The number of nitrogens with one attached hydrogen (secondary N) is 1. The number of carbonyl (C=O) groups excluding carboxylic acids is 2. The van der Waals surface area contributed by atoms with E-state index in [1.54, 1.807) is 11.0 Å². The highest BCUT2D eigenvalue weighted by Crippen LogP contribution is 2.32. The van der Waals surface area contributed by atoms with Crippen LogP contribution in [-0.2, 0) is 4.79 Å². The molecule has 0 radical (unpaired) electrons. The predicted octanol–water partition coefficient (Wildman–Crippen LogP) is 3.27. The van der Waals surface area contributed by atoms with Crippen LogP contribution in [0.3, 0.4) is 0 Å². The van der Waals surface area contributed by atoms with E-state index in [4.69, 9.17) is 21.1 Å². The Bertz CT molecular complexity index is 959. The minimum atomic E-state index is -0.672. The number of halogens is 2. The van der Waals surface area contributed by atoms with E-state index >= 15 is 0 Å². The average molecular weight is 405 g/mol. The van der Waals surface area contributed by atoms with Crippen LogP contribution in [-0.4, -0.2) is 43.0 Å². The van der Waals surface area contributed by atoms with Gasteiger partial charge in [0, 0.05) is 30.1 Å². The van der Waals surface area contributed by atoms with E-state index in [0.29, 0.717) is 36.2 Å². The molecule has 0 aliphatic carbocycles. The van der Waals surface area contributed by atoms with Crippen LogP contribution in [0.1, 0.15) is 15.9 Å². The first-order valence-corrected chi connectivity index (χ1v) is 9.23. The Hall–Kier alpha value is -2.80. The molecule has 0 unspecified atom stereocenters. The molecule has 1 fully saturated rings. The van der Waals surface area contributed by atoms with Gasteiger partial charge in [0.15, 0.2) is 6.61 Å². The lowest BCUT2D eigenvalue weighted by molar-refractivity contribution is -0.118. The molecule has 0 spiro atoms. The molecule has 0 saturated carbocycles. The molecule has 28 heavy (non-hydrogen) atoms. The smallest absolute Gasteiger partial charge is 0.262 e. The second-order valence-corrected chi connectivity index (χ2v) is 7.37. The van der Waals surface area contributed by atoms with E-state index in [2.05, 4.69) is 5.32 Å². The SMILES string of the molecule is Cc1ccc(OCC2CN(C(=O)c3cc4c(cc3F)OCC(=O)N4)C2)cc1Cl. The number of nitrogens with zero attached hydrogens (tertiary/aromatic N) is 1. The Morgan fingerprint density at radius 1 is 1.36 bits per heavy atom. The van der Waals surface area contributed by atoms with Crippen molar-refractivity contribution in [2.45, 2.75) is 6.92 Å². The van der Waals surface area contributed by atoms with E-state index < -0.39 is 11.7 Å². The van der Waals surface area contributed by atoms with Gasteiger partial charge >= 0.3 is 0 Å². The summed E-state index contributed by atoms with van der Waals surface area (Å²) in [6.45, 7) is 3.13. The number of likely N-dealkylation sites (tertiary alicyclic amines) is 1. The first-order valence-electron chi connectivity index (χ1n) is 8.85. The van der Waals surface area contributed by atoms with E-state index in [1.165, 1.54) is 6.07 Å². The molecule has 0 atom stereocenters. The number of fused-ring (bicyclic) bond motifs is 1. The monoisotopic (exact) mass is 404 g/mol. The van der Waals surface area contributed by atoms with Crippen molar-refractivity contribution in [3.05, 3.63) is 52.3 Å². The molecule has 1 saturated heterocycles. The standard InChI is InChI=1S/C20H18ClFN2O4/c1-11-2-3-13(4-15(11)21)27-9-12-7-24(8-12)20(26)14-5-17-18(6-16(14)22)28-10-19(25)23-17/h2-6,12H,7-10H2,1H3,(H,23,25). The average Bonchev–Trinajstić information content (AvgIpc) is 2.62. The van der Waals surface area contributed by atoms with Gasteiger partial charge in [-0.2, -0.15) is 0 Å². The van der Waals surface area contributed by atoms with Gasteiger partial charge in [-0.1, -0.05) is 17.7 Å². The summed E-state index contributed by atoms with van der Waals surface area (Å²) in [4.78, 5) is 25.6. The molecule has 2 amide bonds. The Kier molecular flexibility index (Phi) is 4.85. The van der Waals surface area contributed by atoms with Crippen LogP contribution in [0.15, 0.2) is 30.3 Å². The van der Waals surface area contributed by atoms with Crippen LogP contribution in [0.2, 0.25) is 5.02 Å². The third kappa shape index (κ3) is 3.62. The number of hydrogen-bond acceptors (Lipinski definition) is 4. The van der Waals surface area contributed by atoms with Gasteiger partial charge in [0.25, 0.3) is 11.8 Å². The lowest BCUT2D eigenvalue weighted by Crippen LogP contribution is -2.52. The lowest BCUT2D eigenvalue weighted by Gasteiger charge is -2.39. The van der Waals surface area contributed by atoms with Gasteiger partial charge in [0.05, 0.1) is 17.9 Å². The summed E-state index contributed by atoms with van der Waals surface area (Å²) in [5.41, 5.74) is 1.19. The first kappa shape index (κ1) is 18.6. The number of carbonyl (C=O) groups is 2. The molecule has 4 rings (SSSR count). The minimum absolute atomic E-state index is 0.0887. The quantitative estimate of drug-likeness (QED) is 0.849. The Morgan fingerprint density at radius 3 is 2.89 bits per heavy atom. The summed E-state index contributed by atoms with van der Waals surface area (Å²) >= 11 is 6.08. The van der Waals surface area contributed by atoms with Crippen molar-refractivity contribution in [3.63, 3.8) is 0 Å². The third-order valence-corrected chi connectivity index (χ3v) is 5.21. The molecule has 8 heteroatoms. The molecule has 2 heterocycles. The van der Waals surface area contributed by atoms with Gasteiger partial charge in [-0.3, -0.25) is 9.59 Å². The summed E-state index contributed by atoms with van der Waals surface area (Å²) in [5.74, 6) is -0.372. The largest absolute Gasteiger partial charge is 0.493 e. The fourth-order valence-corrected chi connectivity index (χ4v) is 3.33. The number of amides is 2. The number of anilines is 1. The second kappa shape index (κ2) is 7.31. The maximum atomic E-state index is 14.3. The molecule has 2 aromatic rings. The van der Waals surface area contributed by atoms with Gasteiger partial charge in [-0.05, 0) is 30.7 Å².